The van der Waals surface area contributed by atoms with Crippen molar-refractivity contribution in [1.82, 2.24) is 0 Å². The lowest BCUT2D eigenvalue weighted by Crippen LogP contribution is -2.12. The van der Waals surface area contributed by atoms with Crippen LogP contribution in [0.3, 0.4) is 0 Å². The minimum absolute atomic E-state index is 0.274. The molecular weight excluding hydrogens is 400 g/mol. The Bertz CT molecular complexity index is 1020. The molecule has 4 rings (SSSR count). The van der Waals surface area contributed by atoms with Crippen molar-refractivity contribution in [2.75, 3.05) is 7.11 Å². The molecule has 0 saturated heterocycles. The van der Waals surface area contributed by atoms with Gasteiger partial charge in [-0.15, -0.1) is 0 Å². The van der Waals surface area contributed by atoms with Crippen LogP contribution in [-0.4, -0.2) is 19.0 Å². The number of carbonyl (C=O) groups is 2. The molecule has 166 valence electrons. The number of esters is 2. The summed E-state index contributed by atoms with van der Waals surface area (Å²) in [5.41, 5.74) is 4.77. The normalized spacial score (nSPS) is 20.7. The van der Waals surface area contributed by atoms with E-state index >= 15 is 0 Å². The van der Waals surface area contributed by atoms with Gasteiger partial charge in [0.15, 0.2) is 0 Å². The molecule has 1 saturated carbocycles. The van der Waals surface area contributed by atoms with Crippen molar-refractivity contribution in [1.29, 1.82) is 0 Å². The molecule has 4 nitrogen and oxygen atoms in total. The maximum absolute atomic E-state index is 12.6. The van der Waals surface area contributed by atoms with Gasteiger partial charge >= 0.3 is 11.9 Å². The van der Waals surface area contributed by atoms with E-state index in [0.29, 0.717) is 29.2 Å². The number of rotatable bonds is 5. The van der Waals surface area contributed by atoms with Crippen molar-refractivity contribution in [3.63, 3.8) is 0 Å². The molecular formula is C28H30O4. The molecule has 0 unspecified atom stereocenters. The number of hydrogen-bond acceptors (Lipinski definition) is 4. The van der Waals surface area contributed by atoms with Crippen LogP contribution >= 0.6 is 0 Å². The molecule has 0 aliphatic heterocycles. The van der Waals surface area contributed by atoms with E-state index in [0.717, 1.165) is 23.5 Å². The molecule has 4 heteroatoms. The zero-order chi connectivity index (χ0) is 22.5. The van der Waals surface area contributed by atoms with Gasteiger partial charge in [-0.3, -0.25) is 0 Å². The van der Waals surface area contributed by atoms with Crippen LogP contribution < -0.4 is 4.74 Å². The van der Waals surface area contributed by atoms with Crippen molar-refractivity contribution in [2.45, 2.75) is 51.4 Å². The van der Waals surface area contributed by atoms with Gasteiger partial charge in [0.05, 0.1) is 12.7 Å². The highest BCUT2D eigenvalue weighted by molar-refractivity contribution is 5.91. The van der Waals surface area contributed by atoms with Gasteiger partial charge in [0.2, 0.25) is 0 Å². The van der Waals surface area contributed by atoms with Crippen LogP contribution in [0.5, 0.6) is 5.75 Å². The molecule has 1 fully saturated rings. The molecule has 0 bridgehead atoms. The van der Waals surface area contributed by atoms with Gasteiger partial charge in [0.1, 0.15) is 5.75 Å². The molecule has 2 aliphatic carbocycles. The van der Waals surface area contributed by atoms with Gasteiger partial charge in [0.25, 0.3) is 0 Å². The number of allylic oxidation sites excluding steroid dienone is 3. The van der Waals surface area contributed by atoms with Crippen LogP contribution in [0.2, 0.25) is 0 Å². The zero-order valence-electron chi connectivity index (χ0n) is 18.8. The first-order chi connectivity index (χ1) is 15.5. The average Bonchev–Trinajstić information content (AvgIpc) is 2.85. The molecule has 0 atom stereocenters. The minimum Gasteiger partial charge on any atom is -0.466 e. The van der Waals surface area contributed by atoms with E-state index in [1.165, 1.54) is 38.4 Å². The Morgan fingerprint density at radius 2 is 1.50 bits per heavy atom. The molecule has 2 aliphatic rings. The lowest BCUT2D eigenvalue weighted by molar-refractivity contribution is -0.136. The van der Waals surface area contributed by atoms with Gasteiger partial charge in [-0.05, 0) is 78.5 Å². The third-order valence-electron chi connectivity index (χ3n) is 6.67. The quantitative estimate of drug-likeness (QED) is 0.403. The highest BCUT2D eigenvalue weighted by Crippen LogP contribution is 2.35. The lowest BCUT2D eigenvalue weighted by atomic mass is 9.79. The van der Waals surface area contributed by atoms with Gasteiger partial charge in [-0.25, -0.2) is 9.59 Å². The predicted molar refractivity (Wildman–Crippen MR) is 126 cm³/mol. The van der Waals surface area contributed by atoms with Gasteiger partial charge in [-0.1, -0.05) is 56.2 Å². The average molecular weight is 431 g/mol. The summed E-state index contributed by atoms with van der Waals surface area (Å²) in [6.07, 6.45) is 10.2. The van der Waals surface area contributed by atoms with Crippen LogP contribution in [-0.2, 0) is 9.53 Å². The molecule has 0 radical (unpaired) electrons. The van der Waals surface area contributed by atoms with E-state index in [1.807, 2.05) is 48.6 Å². The second-order valence-electron chi connectivity index (χ2n) is 8.87. The first-order valence-electron chi connectivity index (χ1n) is 11.4. The highest BCUT2D eigenvalue weighted by Gasteiger charge is 2.20. The Labute approximate surface area is 189 Å². The molecule has 0 spiro atoms. The standard InChI is InChI=1S/C28H30O4/c1-19-3-5-20(6-4-19)21-9-13-25(14-10-21)28(30)32-26-17-15-23(16-18-26)22-7-11-24(12-8-22)27(29)31-2/h7,9-11,13-20H,3-6,8,12H2,1-2H3. The third-order valence-corrected chi connectivity index (χ3v) is 6.67. The van der Waals surface area contributed by atoms with Crippen molar-refractivity contribution in [2.24, 2.45) is 5.92 Å². The molecule has 2 aromatic carbocycles. The fourth-order valence-corrected chi connectivity index (χ4v) is 4.57. The topological polar surface area (TPSA) is 52.6 Å². The Hall–Kier alpha value is -3.14. The Morgan fingerprint density at radius 3 is 2.09 bits per heavy atom. The van der Waals surface area contributed by atoms with Gasteiger partial charge in [0, 0.05) is 5.57 Å². The predicted octanol–water partition coefficient (Wildman–Crippen LogP) is 6.48. The Kier molecular flexibility index (Phi) is 6.89. The molecule has 0 heterocycles. The summed E-state index contributed by atoms with van der Waals surface area (Å²) in [4.78, 5) is 24.2. The van der Waals surface area contributed by atoms with E-state index in [1.54, 1.807) is 0 Å². The van der Waals surface area contributed by atoms with E-state index in [2.05, 4.69) is 19.1 Å². The van der Waals surface area contributed by atoms with Crippen LogP contribution in [0.25, 0.3) is 5.57 Å². The molecule has 0 N–H and O–H groups in total. The van der Waals surface area contributed by atoms with Crippen molar-refractivity contribution >= 4 is 17.5 Å². The van der Waals surface area contributed by atoms with Crippen LogP contribution in [0.1, 0.15) is 72.9 Å². The highest BCUT2D eigenvalue weighted by atomic mass is 16.5. The van der Waals surface area contributed by atoms with Crippen LogP contribution in [0.15, 0.2) is 66.3 Å². The van der Waals surface area contributed by atoms with Crippen LogP contribution in [0, 0.1) is 5.92 Å². The fourth-order valence-electron chi connectivity index (χ4n) is 4.57. The van der Waals surface area contributed by atoms with Crippen molar-refractivity contribution in [3.8, 4) is 5.75 Å². The van der Waals surface area contributed by atoms with Gasteiger partial charge < -0.3 is 9.47 Å². The Morgan fingerprint density at radius 1 is 0.812 bits per heavy atom. The maximum Gasteiger partial charge on any atom is 0.343 e. The van der Waals surface area contributed by atoms with Crippen molar-refractivity contribution < 1.29 is 19.1 Å². The maximum atomic E-state index is 12.6. The molecule has 32 heavy (non-hydrogen) atoms. The van der Waals surface area contributed by atoms with Crippen molar-refractivity contribution in [3.05, 3.63) is 82.9 Å². The fraction of sp³-hybridized carbons (Fsp3) is 0.357. The Balaban J connectivity index is 1.36. The van der Waals surface area contributed by atoms with Crippen LogP contribution in [0.4, 0.5) is 0 Å². The minimum atomic E-state index is -0.343. The summed E-state index contributed by atoms with van der Waals surface area (Å²) in [6, 6.07) is 15.4. The number of hydrogen-bond donors (Lipinski definition) is 0. The summed E-state index contributed by atoms with van der Waals surface area (Å²) in [5.74, 6) is 1.34. The monoisotopic (exact) mass is 430 g/mol. The lowest BCUT2D eigenvalue weighted by Gasteiger charge is -2.26. The first kappa shape index (κ1) is 22.1. The summed E-state index contributed by atoms with van der Waals surface area (Å²) in [7, 11) is 1.40. The smallest absolute Gasteiger partial charge is 0.343 e. The molecule has 0 aromatic heterocycles. The van der Waals surface area contributed by atoms with E-state index in [-0.39, 0.29) is 11.9 Å². The number of benzene rings is 2. The van der Waals surface area contributed by atoms with E-state index in [9.17, 15) is 9.59 Å². The second kappa shape index (κ2) is 9.99. The molecule has 0 amide bonds. The first-order valence-corrected chi connectivity index (χ1v) is 11.4. The third kappa shape index (κ3) is 5.18. The number of carbonyl (C=O) groups excluding carboxylic acids is 2. The second-order valence-corrected chi connectivity index (χ2v) is 8.87. The molecule has 2 aromatic rings. The zero-order valence-corrected chi connectivity index (χ0v) is 18.8. The summed E-state index contributed by atoms with van der Waals surface area (Å²) in [6.45, 7) is 2.33. The van der Waals surface area contributed by atoms with Gasteiger partial charge in [-0.2, -0.15) is 0 Å². The summed E-state index contributed by atoms with van der Waals surface area (Å²) < 4.78 is 10.3. The number of ether oxygens (including phenoxy) is 2. The summed E-state index contributed by atoms with van der Waals surface area (Å²) in [5, 5.41) is 0. The number of methoxy groups -OCH3 is 1. The van der Waals surface area contributed by atoms with E-state index < -0.39 is 0 Å². The largest absolute Gasteiger partial charge is 0.466 e. The summed E-state index contributed by atoms with van der Waals surface area (Å²) >= 11 is 0. The SMILES string of the molecule is COC(=O)C1=CC=C(c2ccc(OC(=O)c3ccc(C4CCC(C)CC4)cc3)cc2)CC1. The van der Waals surface area contributed by atoms with E-state index in [4.69, 9.17) is 9.47 Å².